The molecule has 3 unspecified atom stereocenters. The fraction of sp³-hybridized carbons (Fsp3) is 0.700. The molecule has 1 aliphatic rings. The first kappa shape index (κ1) is 11.1. The van der Waals surface area contributed by atoms with Gasteiger partial charge in [0.25, 0.3) is 0 Å². The molecule has 1 aromatic rings. The van der Waals surface area contributed by atoms with Crippen LogP contribution in [0.5, 0.6) is 0 Å². The van der Waals surface area contributed by atoms with Gasteiger partial charge in [0.2, 0.25) is 0 Å². The van der Waals surface area contributed by atoms with E-state index in [0.29, 0.717) is 5.92 Å². The summed E-state index contributed by atoms with van der Waals surface area (Å²) in [4.78, 5) is 11.5. The molecule has 0 amide bonds. The second-order valence-corrected chi connectivity index (χ2v) is 4.21. The molecule has 1 fully saturated rings. The molecule has 0 aliphatic carbocycles. The van der Waals surface area contributed by atoms with Gasteiger partial charge in [-0.1, -0.05) is 6.92 Å². The monoisotopic (exact) mass is 224 g/mol. The Morgan fingerprint density at radius 2 is 2.44 bits per heavy atom. The van der Waals surface area contributed by atoms with Gasteiger partial charge in [0.15, 0.2) is 0 Å². The molecule has 1 aromatic heterocycles. The summed E-state index contributed by atoms with van der Waals surface area (Å²) in [7, 11) is 1.42. The SMILES string of the molecule is COC(=O)C1NCC(c2cn[nH]n2)CC1C. The maximum atomic E-state index is 11.5. The molecule has 1 saturated heterocycles. The van der Waals surface area contributed by atoms with Crippen molar-refractivity contribution in [2.75, 3.05) is 13.7 Å². The highest BCUT2D eigenvalue weighted by atomic mass is 16.5. The van der Waals surface area contributed by atoms with Crippen molar-refractivity contribution >= 4 is 5.97 Å². The van der Waals surface area contributed by atoms with Crippen LogP contribution in [0, 0.1) is 5.92 Å². The Bertz CT molecular complexity index is 352. The van der Waals surface area contributed by atoms with Crippen molar-refractivity contribution in [2.45, 2.75) is 25.3 Å². The number of hydrogen-bond acceptors (Lipinski definition) is 5. The first-order valence-corrected chi connectivity index (χ1v) is 5.39. The summed E-state index contributed by atoms with van der Waals surface area (Å²) in [5.74, 6) is 0.364. The van der Waals surface area contributed by atoms with Gasteiger partial charge >= 0.3 is 5.97 Å². The van der Waals surface area contributed by atoms with Crippen LogP contribution in [0.1, 0.15) is 25.0 Å². The number of carbonyl (C=O) groups excluding carboxylic acids is 1. The molecule has 6 heteroatoms. The van der Waals surface area contributed by atoms with Crippen molar-refractivity contribution in [2.24, 2.45) is 5.92 Å². The largest absolute Gasteiger partial charge is 0.468 e. The van der Waals surface area contributed by atoms with Gasteiger partial charge in [-0.05, 0) is 12.3 Å². The zero-order valence-electron chi connectivity index (χ0n) is 9.43. The average Bonchev–Trinajstić information content (AvgIpc) is 2.81. The van der Waals surface area contributed by atoms with Gasteiger partial charge in [0.05, 0.1) is 19.0 Å². The molecule has 2 rings (SSSR count). The lowest BCUT2D eigenvalue weighted by Gasteiger charge is -2.32. The number of aromatic nitrogens is 3. The predicted molar refractivity (Wildman–Crippen MR) is 56.7 cm³/mol. The summed E-state index contributed by atoms with van der Waals surface area (Å²) in [5, 5.41) is 13.7. The van der Waals surface area contributed by atoms with E-state index in [1.807, 2.05) is 6.92 Å². The van der Waals surface area contributed by atoms with Gasteiger partial charge in [-0.3, -0.25) is 4.79 Å². The molecule has 88 valence electrons. The molecule has 1 aliphatic heterocycles. The summed E-state index contributed by atoms with van der Waals surface area (Å²) >= 11 is 0. The Morgan fingerprint density at radius 1 is 1.62 bits per heavy atom. The van der Waals surface area contributed by atoms with Crippen LogP contribution in [0.15, 0.2) is 6.20 Å². The number of rotatable bonds is 2. The lowest BCUT2D eigenvalue weighted by Crippen LogP contribution is -2.48. The molecular formula is C10H16N4O2. The summed E-state index contributed by atoms with van der Waals surface area (Å²) < 4.78 is 4.75. The second kappa shape index (κ2) is 4.61. The summed E-state index contributed by atoms with van der Waals surface area (Å²) in [6.45, 7) is 2.78. The number of aromatic amines is 1. The second-order valence-electron chi connectivity index (χ2n) is 4.21. The van der Waals surface area contributed by atoms with Crippen LogP contribution in [0.2, 0.25) is 0 Å². The van der Waals surface area contributed by atoms with Crippen molar-refractivity contribution in [3.8, 4) is 0 Å². The van der Waals surface area contributed by atoms with Crippen LogP contribution in [0.4, 0.5) is 0 Å². The molecule has 6 nitrogen and oxygen atoms in total. The van der Waals surface area contributed by atoms with E-state index in [2.05, 4.69) is 20.7 Å². The van der Waals surface area contributed by atoms with E-state index in [0.717, 1.165) is 18.7 Å². The van der Waals surface area contributed by atoms with E-state index in [-0.39, 0.29) is 17.9 Å². The van der Waals surface area contributed by atoms with Crippen LogP contribution >= 0.6 is 0 Å². The van der Waals surface area contributed by atoms with Gasteiger partial charge in [-0.2, -0.15) is 15.4 Å². The molecule has 0 spiro atoms. The molecule has 2 N–H and O–H groups in total. The van der Waals surface area contributed by atoms with Crippen LogP contribution in [0.25, 0.3) is 0 Å². The zero-order valence-corrected chi connectivity index (χ0v) is 9.43. The first-order chi connectivity index (χ1) is 7.72. The van der Waals surface area contributed by atoms with Crippen LogP contribution in [0.3, 0.4) is 0 Å². The van der Waals surface area contributed by atoms with Crippen molar-refractivity contribution in [3.05, 3.63) is 11.9 Å². The maximum Gasteiger partial charge on any atom is 0.323 e. The zero-order chi connectivity index (χ0) is 11.5. The van der Waals surface area contributed by atoms with E-state index in [1.54, 1.807) is 6.20 Å². The Hall–Kier alpha value is -1.43. The van der Waals surface area contributed by atoms with Gasteiger partial charge in [-0.25, -0.2) is 0 Å². The minimum absolute atomic E-state index is 0.189. The maximum absolute atomic E-state index is 11.5. The molecule has 0 radical (unpaired) electrons. The van der Waals surface area contributed by atoms with Crippen molar-refractivity contribution in [1.29, 1.82) is 0 Å². The molecule has 2 heterocycles. The molecule has 3 atom stereocenters. The van der Waals surface area contributed by atoms with E-state index in [4.69, 9.17) is 4.74 Å². The third-order valence-electron chi connectivity index (χ3n) is 3.12. The molecule has 0 saturated carbocycles. The Kier molecular flexibility index (Phi) is 3.19. The normalized spacial score (nSPS) is 30.0. The first-order valence-electron chi connectivity index (χ1n) is 5.39. The summed E-state index contributed by atoms with van der Waals surface area (Å²) in [5.41, 5.74) is 0.947. The number of H-pyrrole nitrogens is 1. The fourth-order valence-corrected chi connectivity index (χ4v) is 2.21. The van der Waals surface area contributed by atoms with Crippen LogP contribution in [-0.2, 0) is 9.53 Å². The van der Waals surface area contributed by atoms with Gasteiger partial charge in [-0.15, -0.1) is 0 Å². The van der Waals surface area contributed by atoms with Gasteiger partial charge < -0.3 is 10.1 Å². The van der Waals surface area contributed by atoms with E-state index in [1.165, 1.54) is 7.11 Å². The molecular weight excluding hydrogens is 208 g/mol. The number of hydrogen-bond donors (Lipinski definition) is 2. The molecule has 0 aromatic carbocycles. The number of carbonyl (C=O) groups is 1. The third-order valence-corrected chi connectivity index (χ3v) is 3.12. The van der Waals surface area contributed by atoms with Crippen LogP contribution in [-0.4, -0.2) is 41.1 Å². The average molecular weight is 224 g/mol. The lowest BCUT2D eigenvalue weighted by molar-refractivity contribution is -0.145. The van der Waals surface area contributed by atoms with Gasteiger partial charge in [0.1, 0.15) is 6.04 Å². The number of esters is 1. The minimum Gasteiger partial charge on any atom is -0.468 e. The standard InChI is InChI=1S/C10H16N4O2/c1-6-3-7(8-5-12-14-13-8)4-11-9(6)10(15)16-2/h5-7,9,11H,3-4H2,1-2H3,(H,12,13,14). The Balaban J connectivity index is 2.00. The Morgan fingerprint density at radius 3 is 3.00 bits per heavy atom. The minimum atomic E-state index is -0.201. The van der Waals surface area contributed by atoms with Gasteiger partial charge in [0, 0.05) is 12.5 Å². The fourth-order valence-electron chi connectivity index (χ4n) is 2.21. The number of methoxy groups -OCH3 is 1. The quantitative estimate of drug-likeness (QED) is 0.694. The summed E-state index contributed by atoms with van der Waals surface area (Å²) in [6.07, 6.45) is 2.65. The highest BCUT2D eigenvalue weighted by Crippen LogP contribution is 2.27. The predicted octanol–water partition coefficient (Wildman–Crippen LogP) is 0.0593. The lowest BCUT2D eigenvalue weighted by atomic mass is 9.84. The van der Waals surface area contributed by atoms with E-state index < -0.39 is 0 Å². The van der Waals surface area contributed by atoms with Crippen molar-refractivity contribution in [3.63, 3.8) is 0 Å². The highest BCUT2D eigenvalue weighted by Gasteiger charge is 2.33. The molecule has 0 bridgehead atoms. The Labute approximate surface area is 93.8 Å². The topological polar surface area (TPSA) is 79.9 Å². The van der Waals surface area contributed by atoms with Crippen molar-refractivity contribution in [1.82, 2.24) is 20.7 Å². The smallest absolute Gasteiger partial charge is 0.323 e. The third kappa shape index (κ3) is 2.06. The number of nitrogens with one attached hydrogen (secondary N) is 2. The number of nitrogens with zero attached hydrogens (tertiary/aromatic N) is 2. The highest BCUT2D eigenvalue weighted by molar-refractivity contribution is 5.76. The number of piperidine rings is 1. The molecule has 16 heavy (non-hydrogen) atoms. The van der Waals surface area contributed by atoms with E-state index >= 15 is 0 Å². The summed E-state index contributed by atoms with van der Waals surface area (Å²) in [6, 6.07) is -0.201. The van der Waals surface area contributed by atoms with E-state index in [9.17, 15) is 4.79 Å². The van der Waals surface area contributed by atoms with Crippen molar-refractivity contribution < 1.29 is 9.53 Å². The number of ether oxygens (including phenoxy) is 1. The van der Waals surface area contributed by atoms with Crippen LogP contribution < -0.4 is 5.32 Å².